The molecule has 1 aromatic heterocycles. The summed E-state index contributed by atoms with van der Waals surface area (Å²) >= 11 is 6.20. The Balaban J connectivity index is 2.82. The van der Waals surface area contributed by atoms with E-state index in [-0.39, 0.29) is 12.1 Å². The molecule has 4 heteroatoms. The van der Waals surface area contributed by atoms with Gasteiger partial charge in [-0.2, -0.15) is 0 Å². The number of methoxy groups -OCH3 is 1. The highest BCUT2D eigenvalue weighted by atomic mass is 35.5. The molecule has 0 aromatic carbocycles. The number of hydrogen-bond donors (Lipinski definition) is 1. The zero-order chi connectivity index (χ0) is 14.3. The molecule has 0 amide bonds. The summed E-state index contributed by atoms with van der Waals surface area (Å²) in [5, 5.41) is 4.30. The Bertz CT molecular complexity index is 371. The standard InChI is InChI=1S/C15H25ClN2O/c1-5-7-18-14(15(19-4)11(2)3)9-12-6-8-17-10-13(12)16/h6,8,10-11,14-15,18H,5,7,9H2,1-4H3. The fraction of sp³-hybridized carbons (Fsp3) is 0.667. The van der Waals surface area contributed by atoms with Crippen molar-refractivity contribution in [3.63, 3.8) is 0 Å². The molecule has 0 spiro atoms. The molecular weight excluding hydrogens is 260 g/mol. The van der Waals surface area contributed by atoms with Gasteiger partial charge in [-0.1, -0.05) is 32.4 Å². The van der Waals surface area contributed by atoms with E-state index >= 15 is 0 Å². The summed E-state index contributed by atoms with van der Waals surface area (Å²) in [6, 6.07) is 2.25. The third-order valence-electron chi connectivity index (χ3n) is 3.28. The van der Waals surface area contributed by atoms with Crippen molar-refractivity contribution in [1.29, 1.82) is 0 Å². The van der Waals surface area contributed by atoms with Crippen LogP contribution < -0.4 is 5.32 Å². The topological polar surface area (TPSA) is 34.2 Å². The fourth-order valence-corrected chi connectivity index (χ4v) is 2.54. The van der Waals surface area contributed by atoms with Gasteiger partial charge in [-0.25, -0.2) is 0 Å². The van der Waals surface area contributed by atoms with Gasteiger partial charge in [0.05, 0.1) is 11.1 Å². The zero-order valence-electron chi connectivity index (χ0n) is 12.3. The van der Waals surface area contributed by atoms with Crippen LogP contribution >= 0.6 is 11.6 Å². The summed E-state index contributed by atoms with van der Waals surface area (Å²) < 4.78 is 5.66. The van der Waals surface area contributed by atoms with E-state index in [4.69, 9.17) is 16.3 Å². The number of hydrogen-bond acceptors (Lipinski definition) is 3. The summed E-state index contributed by atoms with van der Waals surface area (Å²) in [7, 11) is 1.78. The Kier molecular flexibility index (Phi) is 7.36. The maximum absolute atomic E-state index is 6.20. The van der Waals surface area contributed by atoms with Gasteiger partial charge in [-0.05, 0) is 36.9 Å². The summed E-state index contributed by atoms with van der Waals surface area (Å²) in [6.45, 7) is 7.52. The van der Waals surface area contributed by atoms with Crippen LogP contribution in [-0.4, -0.2) is 30.8 Å². The predicted molar refractivity (Wildman–Crippen MR) is 80.7 cm³/mol. The number of halogens is 1. The van der Waals surface area contributed by atoms with Gasteiger partial charge in [0.2, 0.25) is 0 Å². The van der Waals surface area contributed by atoms with E-state index in [1.807, 2.05) is 6.07 Å². The van der Waals surface area contributed by atoms with E-state index in [1.165, 1.54) is 0 Å². The highest BCUT2D eigenvalue weighted by molar-refractivity contribution is 6.31. The van der Waals surface area contributed by atoms with Crippen molar-refractivity contribution in [2.45, 2.75) is 45.8 Å². The highest BCUT2D eigenvalue weighted by Crippen LogP contribution is 2.20. The molecule has 0 bridgehead atoms. The SMILES string of the molecule is CCCNC(Cc1ccncc1Cl)C(OC)C(C)C. The number of pyridine rings is 1. The minimum atomic E-state index is 0.177. The highest BCUT2D eigenvalue weighted by Gasteiger charge is 2.24. The first-order valence-corrected chi connectivity index (χ1v) is 7.32. The molecular formula is C15H25ClN2O. The normalized spacial score (nSPS) is 14.6. The third-order valence-corrected chi connectivity index (χ3v) is 3.62. The molecule has 1 rings (SSSR count). The molecule has 1 heterocycles. The fourth-order valence-electron chi connectivity index (χ4n) is 2.34. The number of aromatic nitrogens is 1. The molecule has 108 valence electrons. The molecule has 19 heavy (non-hydrogen) atoms. The lowest BCUT2D eigenvalue weighted by Gasteiger charge is -2.30. The van der Waals surface area contributed by atoms with E-state index in [1.54, 1.807) is 19.5 Å². The minimum absolute atomic E-state index is 0.177. The van der Waals surface area contributed by atoms with Crippen molar-refractivity contribution < 1.29 is 4.74 Å². The first-order valence-electron chi connectivity index (χ1n) is 6.94. The van der Waals surface area contributed by atoms with Crippen LogP contribution in [0.4, 0.5) is 0 Å². The van der Waals surface area contributed by atoms with E-state index < -0.39 is 0 Å². The molecule has 0 radical (unpaired) electrons. The molecule has 0 aliphatic rings. The van der Waals surface area contributed by atoms with Crippen LogP contribution in [0.2, 0.25) is 5.02 Å². The molecule has 0 fully saturated rings. The van der Waals surface area contributed by atoms with Crippen molar-refractivity contribution >= 4 is 11.6 Å². The second kappa shape index (κ2) is 8.51. The molecule has 0 aliphatic carbocycles. The van der Waals surface area contributed by atoms with Crippen molar-refractivity contribution in [1.82, 2.24) is 10.3 Å². The van der Waals surface area contributed by atoms with Gasteiger partial charge in [0.1, 0.15) is 0 Å². The molecule has 2 unspecified atom stereocenters. The van der Waals surface area contributed by atoms with Crippen molar-refractivity contribution in [3.05, 3.63) is 29.0 Å². The van der Waals surface area contributed by atoms with Crippen LogP contribution in [0.3, 0.4) is 0 Å². The number of nitrogens with zero attached hydrogens (tertiary/aromatic N) is 1. The smallest absolute Gasteiger partial charge is 0.0750 e. The maximum Gasteiger partial charge on any atom is 0.0750 e. The Morgan fingerprint density at radius 3 is 2.68 bits per heavy atom. The second-order valence-corrected chi connectivity index (χ2v) is 5.58. The largest absolute Gasteiger partial charge is 0.380 e. The Hall–Kier alpha value is -0.640. The number of nitrogens with one attached hydrogen (secondary N) is 1. The lowest BCUT2D eigenvalue weighted by molar-refractivity contribution is 0.0332. The third kappa shape index (κ3) is 5.09. The average molecular weight is 285 g/mol. The van der Waals surface area contributed by atoms with Crippen LogP contribution in [0, 0.1) is 5.92 Å². The van der Waals surface area contributed by atoms with Gasteiger partial charge >= 0.3 is 0 Å². The van der Waals surface area contributed by atoms with Crippen molar-refractivity contribution in [2.75, 3.05) is 13.7 Å². The van der Waals surface area contributed by atoms with Crippen LogP contribution in [0.5, 0.6) is 0 Å². The summed E-state index contributed by atoms with van der Waals surface area (Å²) in [5.41, 5.74) is 1.12. The lowest BCUT2D eigenvalue weighted by atomic mass is 9.94. The predicted octanol–water partition coefficient (Wildman–Crippen LogP) is 3.32. The number of ether oxygens (including phenoxy) is 1. The van der Waals surface area contributed by atoms with Gasteiger partial charge in [0.25, 0.3) is 0 Å². The first kappa shape index (κ1) is 16.4. The molecule has 0 saturated carbocycles. The van der Waals surface area contributed by atoms with Gasteiger partial charge in [0.15, 0.2) is 0 Å². The van der Waals surface area contributed by atoms with E-state index in [9.17, 15) is 0 Å². The van der Waals surface area contributed by atoms with Crippen LogP contribution in [0.25, 0.3) is 0 Å². The Morgan fingerprint density at radius 1 is 1.42 bits per heavy atom. The lowest BCUT2D eigenvalue weighted by Crippen LogP contribution is -2.45. The van der Waals surface area contributed by atoms with E-state index in [2.05, 4.69) is 31.1 Å². The van der Waals surface area contributed by atoms with Crippen LogP contribution in [0.1, 0.15) is 32.8 Å². The van der Waals surface area contributed by atoms with Crippen LogP contribution in [0.15, 0.2) is 18.5 Å². The molecule has 3 nitrogen and oxygen atoms in total. The quantitative estimate of drug-likeness (QED) is 0.795. The first-order chi connectivity index (χ1) is 9.10. The van der Waals surface area contributed by atoms with Gasteiger partial charge in [0, 0.05) is 25.5 Å². The number of rotatable bonds is 8. The maximum atomic E-state index is 6.20. The monoisotopic (exact) mass is 284 g/mol. The van der Waals surface area contributed by atoms with E-state index in [0.29, 0.717) is 5.92 Å². The van der Waals surface area contributed by atoms with Crippen molar-refractivity contribution in [3.8, 4) is 0 Å². The molecule has 1 aromatic rings. The van der Waals surface area contributed by atoms with Gasteiger partial charge < -0.3 is 10.1 Å². The van der Waals surface area contributed by atoms with Crippen molar-refractivity contribution in [2.24, 2.45) is 5.92 Å². The molecule has 1 N–H and O–H groups in total. The summed E-state index contributed by atoms with van der Waals surface area (Å²) in [4.78, 5) is 4.03. The minimum Gasteiger partial charge on any atom is -0.380 e. The Morgan fingerprint density at radius 2 is 2.16 bits per heavy atom. The van der Waals surface area contributed by atoms with Gasteiger partial charge in [-0.15, -0.1) is 0 Å². The molecule has 2 atom stereocenters. The summed E-state index contributed by atoms with van der Waals surface area (Å²) in [6.07, 6.45) is 5.63. The molecule has 0 aliphatic heterocycles. The van der Waals surface area contributed by atoms with E-state index in [0.717, 1.165) is 30.0 Å². The second-order valence-electron chi connectivity index (χ2n) is 5.18. The summed E-state index contributed by atoms with van der Waals surface area (Å²) in [5.74, 6) is 0.458. The van der Waals surface area contributed by atoms with Crippen LogP contribution in [-0.2, 0) is 11.2 Å². The molecule has 0 saturated heterocycles. The Labute approximate surface area is 121 Å². The van der Waals surface area contributed by atoms with Gasteiger partial charge in [-0.3, -0.25) is 4.98 Å². The average Bonchev–Trinajstić information content (AvgIpc) is 2.38. The zero-order valence-corrected chi connectivity index (χ0v) is 13.1.